The lowest BCUT2D eigenvalue weighted by atomic mass is 10.2. The van der Waals surface area contributed by atoms with Crippen LogP contribution in [0.5, 0.6) is 5.75 Å². The fourth-order valence-electron chi connectivity index (χ4n) is 2.75. The second-order valence-electron chi connectivity index (χ2n) is 6.71. The summed E-state index contributed by atoms with van der Waals surface area (Å²) in [5.41, 5.74) is 1.60. The summed E-state index contributed by atoms with van der Waals surface area (Å²) in [5, 5.41) is 2.40. The van der Waals surface area contributed by atoms with E-state index in [2.05, 4.69) is 5.32 Å². The van der Waals surface area contributed by atoms with Crippen molar-refractivity contribution in [1.82, 2.24) is 0 Å². The second kappa shape index (κ2) is 9.80. The number of nitrogens with one attached hydrogen (secondary N) is 1. The normalized spacial score (nSPS) is 11.1. The summed E-state index contributed by atoms with van der Waals surface area (Å²) in [4.78, 5) is 12.4. The molecule has 0 atom stereocenters. The van der Waals surface area contributed by atoms with Crippen molar-refractivity contribution in [2.45, 2.75) is 6.61 Å². The van der Waals surface area contributed by atoms with Gasteiger partial charge in [0.15, 0.2) is 0 Å². The van der Waals surface area contributed by atoms with Crippen LogP contribution in [0.4, 0.5) is 15.8 Å². The number of sulfonamides is 1. The van der Waals surface area contributed by atoms with Gasteiger partial charge in [0, 0.05) is 5.69 Å². The molecule has 3 aromatic carbocycles. The SMILES string of the molecule is CS(=O)(=O)N(CC(=O)Nc1ccc(OCc2ccccc2)cc1)c1ccc(F)c(Cl)c1. The molecule has 0 radical (unpaired) electrons. The highest BCUT2D eigenvalue weighted by Gasteiger charge is 2.22. The van der Waals surface area contributed by atoms with Crippen molar-refractivity contribution in [2.24, 2.45) is 0 Å². The number of rotatable bonds is 8. The maximum absolute atomic E-state index is 13.4. The Morgan fingerprint density at radius 3 is 2.35 bits per heavy atom. The summed E-state index contributed by atoms with van der Waals surface area (Å²) in [6.07, 6.45) is 0.955. The van der Waals surface area contributed by atoms with Crippen molar-refractivity contribution >= 4 is 38.9 Å². The van der Waals surface area contributed by atoms with Gasteiger partial charge in [-0.15, -0.1) is 0 Å². The van der Waals surface area contributed by atoms with Gasteiger partial charge in [0.2, 0.25) is 15.9 Å². The molecule has 3 rings (SSSR count). The van der Waals surface area contributed by atoms with Gasteiger partial charge < -0.3 is 10.1 Å². The molecule has 0 aromatic heterocycles. The summed E-state index contributed by atoms with van der Waals surface area (Å²) >= 11 is 5.74. The molecule has 0 saturated carbocycles. The molecule has 9 heteroatoms. The molecule has 0 aliphatic rings. The molecule has 6 nitrogen and oxygen atoms in total. The minimum atomic E-state index is -3.80. The number of hydrogen-bond donors (Lipinski definition) is 1. The zero-order chi connectivity index (χ0) is 22.4. The minimum Gasteiger partial charge on any atom is -0.489 e. The van der Waals surface area contributed by atoms with Crippen LogP contribution in [0, 0.1) is 5.82 Å². The number of hydrogen-bond acceptors (Lipinski definition) is 4. The average molecular weight is 463 g/mol. The predicted molar refractivity (Wildman–Crippen MR) is 119 cm³/mol. The zero-order valence-corrected chi connectivity index (χ0v) is 18.2. The summed E-state index contributed by atoms with van der Waals surface area (Å²) < 4.78 is 44.2. The van der Waals surface area contributed by atoms with Crippen molar-refractivity contribution in [3.63, 3.8) is 0 Å². The van der Waals surface area contributed by atoms with Gasteiger partial charge in [0.05, 0.1) is 17.0 Å². The molecule has 0 aliphatic heterocycles. The van der Waals surface area contributed by atoms with Crippen LogP contribution >= 0.6 is 11.6 Å². The number of ether oxygens (including phenoxy) is 1. The number of amides is 1. The van der Waals surface area contributed by atoms with E-state index in [1.165, 1.54) is 6.07 Å². The van der Waals surface area contributed by atoms with Crippen LogP contribution < -0.4 is 14.4 Å². The molecular weight excluding hydrogens is 443 g/mol. The van der Waals surface area contributed by atoms with E-state index in [0.29, 0.717) is 18.0 Å². The van der Waals surface area contributed by atoms with E-state index in [9.17, 15) is 17.6 Å². The van der Waals surface area contributed by atoms with E-state index in [4.69, 9.17) is 16.3 Å². The summed E-state index contributed by atoms with van der Waals surface area (Å²) in [6.45, 7) is -0.0802. The summed E-state index contributed by atoms with van der Waals surface area (Å²) in [6, 6.07) is 19.8. The lowest BCUT2D eigenvalue weighted by Gasteiger charge is -2.22. The first-order chi connectivity index (χ1) is 14.7. The quantitative estimate of drug-likeness (QED) is 0.536. The Morgan fingerprint density at radius 1 is 1.06 bits per heavy atom. The van der Waals surface area contributed by atoms with Gasteiger partial charge in [0.25, 0.3) is 0 Å². The van der Waals surface area contributed by atoms with Gasteiger partial charge in [-0.05, 0) is 48.0 Å². The Morgan fingerprint density at radius 2 is 1.74 bits per heavy atom. The van der Waals surface area contributed by atoms with Crippen LogP contribution in [-0.2, 0) is 21.4 Å². The van der Waals surface area contributed by atoms with E-state index in [1.54, 1.807) is 24.3 Å². The fraction of sp³-hybridized carbons (Fsp3) is 0.136. The molecular formula is C22H20ClFN2O4S. The van der Waals surface area contributed by atoms with E-state index in [1.807, 2.05) is 30.3 Å². The van der Waals surface area contributed by atoms with E-state index >= 15 is 0 Å². The van der Waals surface area contributed by atoms with Crippen LogP contribution in [0.25, 0.3) is 0 Å². The first-order valence-electron chi connectivity index (χ1n) is 9.22. The third-order valence-electron chi connectivity index (χ3n) is 4.27. The second-order valence-corrected chi connectivity index (χ2v) is 9.03. The minimum absolute atomic E-state index is 0.0914. The lowest BCUT2D eigenvalue weighted by molar-refractivity contribution is -0.114. The standard InChI is InChI=1S/C22H20ClFN2O4S/c1-31(28,29)26(18-9-12-21(24)20(23)13-18)14-22(27)25-17-7-10-19(11-8-17)30-15-16-5-3-2-4-6-16/h2-13H,14-15H2,1H3,(H,25,27). The molecule has 31 heavy (non-hydrogen) atoms. The van der Waals surface area contributed by atoms with Crippen molar-refractivity contribution in [3.05, 3.63) is 89.2 Å². The van der Waals surface area contributed by atoms with Gasteiger partial charge in [-0.1, -0.05) is 41.9 Å². The van der Waals surface area contributed by atoms with Crippen LogP contribution in [-0.4, -0.2) is 27.1 Å². The third-order valence-corrected chi connectivity index (χ3v) is 5.70. The maximum atomic E-state index is 13.4. The number of halogens is 2. The number of benzene rings is 3. The highest BCUT2D eigenvalue weighted by Crippen LogP contribution is 2.24. The summed E-state index contributed by atoms with van der Waals surface area (Å²) in [5.74, 6) is -0.623. The number of nitrogens with zero attached hydrogens (tertiary/aromatic N) is 1. The molecule has 0 aliphatic carbocycles. The number of anilines is 2. The van der Waals surface area contributed by atoms with Crippen LogP contribution in [0.15, 0.2) is 72.8 Å². The zero-order valence-electron chi connectivity index (χ0n) is 16.6. The Bertz CT molecular complexity index is 1160. The van der Waals surface area contributed by atoms with Crippen molar-refractivity contribution < 1.29 is 22.3 Å². The van der Waals surface area contributed by atoms with Gasteiger partial charge in [-0.25, -0.2) is 12.8 Å². The maximum Gasteiger partial charge on any atom is 0.245 e. The number of carbonyl (C=O) groups is 1. The summed E-state index contributed by atoms with van der Waals surface area (Å²) in [7, 11) is -3.80. The Hall–Kier alpha value is -3.10. The highest BCUT2D eigenvalue weighted by molar-refractivity contribution is 7.92. The van der Waals surface area contributed by atoms with Crippen LogP contribution in [0.2, 0.25) is 5.02 Å². The van der Waals surface area contributed by atoms with E-state index < -0.39 is 28.3 Å². The average Bonchev–Trinajstić information content (AvgIpc) is 2.73. The van der Waals surface area contributed by atoms with Gasteiger partial charge in [-0.2, -0.15) is 0 Å². The van der Waals surface area contributed by atoms with E-state index in [0.717, 1.165) is 28.3 Å². The largest absolute Gasteiger partial charge is 0.489 e. The molecule has 0 spiro atoms. The molecule has 0 saturated heterocycles. The third kappa shape index (κ3) is 6.44. The fourth-order valence-corrected chi connectivity index (χ4v) is 3.77. The highest BCUT2D eigenvalue weighted by atomic mass is 35.5. The molecule has 0 unspecified atom stereocenters. The molecule has 0 heterocycles. The monoisotopic (exact) mass is 462 g/mol. The van der Waals surface area contributed by atoms with Crippen molar-refractivity contribution in [3.8, 4) is 5.75 Å². The van der Waals surface area contributed by atoms with Crippen LogP contribution in [0.3, 0.4) is 0 Å². The van der Waals surface area contributed by atoms with Crippen molar-refractivity contribution in [2.75, 3.05) is 22.4 Å². The van der Waals surface area contributed by atoms with Gasteiger partial charge in [-0.3, -0.25) is 9.10 Å². The molecule has 0 bridgehead atoms. The first kappa shape index (κ1) is 22.6. The Labute approximate surface area is 185 Å². The Balaban J connectivity index is 1.63. The van der Waals surface area contributed by atoms with Gasteiger partial charge in [0.1, 0.15) is 24.7 Å². The van der Waals surface area contributed by atoms with Crippen LogP contribution in [0.1, 0.15) is 5.56 Å². The first-order valence-corrected chi connectivity index (χ1v) is 11.4. The molecule has 162 valence electrons. The molecule has 0 fully saturated rings. The topological polar surface area (TPSA) is 75.7 Å². The van der Waals surface area contributed by atoms with Gasteiger partial charge >= 0.3 is 0 Å². The Kier molecular flexibility index (Phi) is 7.14. The molecule has 1 amide bonds. The predicted octanol–water partition coefficient (Wildman–Crippen LogP) is 4.46. The van der Waals surface area contributed by atoms with Crippen molar-refractivity contribution in [1.29, 1.82) is 0 Å². The molecule has 1 N–H and O–H groups in total. The smallest absolute Gasteiger partial charge is 0.245 e. The number of carbonyl (C=O) groups excluding carboxylic acids is 1. The van der Waals surface area contributed by atoms with E-state index in [-0.39, 0.29) is 10.7 Å². The lowest BCUT2D eigenvalue weighted by Crippen LogP contribution is -2.37. The molecule has 3 aromatic rings.